The standard InChI is InChI=1S/C21H22BrN3O2/c22-18-6-4-5-16(13-18)20-8-7-19(27-20)14-17(15-23)21(26)24-9-12-25-10-2-1-3-11-25/h4-8,13-14H,1-3,9-12H2,(H,24,26)/b17-14+. The Kier molecular flexibility index (Phi) is 6.86. The van der Waals surface area contributed by atoms with Gasteiger partial charge >= 0.3 is 0 Å². The van der Waals surface area contributed by atoms with Gasteiger partial charge in [-0.15, -0.1) is 0 Å². The minimum absolute atomic E-state index is 0.0452. The van der Waals surface area contributed by atoms with Crippen LogP contribution in [0.15, 0.2) is 50.9 Å². The number of nitriles is 1. The Morgan fingerprint density at radius 3 is 2.81 bits per heavy atom. The monoisotopic (exact) mass is 427 g/mol. The largest absolute Gasteiger partial charge is 0.457 e. The van der Waals surface area contributed by atoms with Crippen LogP contribution in [0.5, 0.6) is 0 Å². The highest BCUT2D eigenvalue weighted by molar-refractivity contribution is 9.10. The first-order valence-electron chi connectivity index (χ1n) is 9.14. The van der Waals surface area contributed by atoms with Gasteiger partial charge < -0.3 is 14.6 Å². The third kappa shape index (κ3) is 5.56. The maximum Gasteiger partial charge on any atom is 0.262 e. The molecular formula is C21H22BrN3O2. The molecule has 0 saturated carbocycles. The summed E-state index contributed by atoms with van der Waals surface area (Å²) in [5, 5.41) is 12.2. The van der Waals surface area contributed by atoms with Gasteiger partial charge in [-0.1, -0.05) is 34.5 Å². The minimum Gasteiger partial charge on any atom is -0.457 e. The van der Waals surface area contributed by atoms with Gasteiger partial charge in [-0.05, 0) is 50.2 Å². The third-order valence-electron chi connectivity index (χ3n) is 4.55. The van der Waals surface area contributed by atoms with Gasteiger partial charge in [0.1, 0.15) is 23.2 Å². The summed E-state index contributed by atoms with van der Waals surface area (Å²) >= 11 is 3.44. The van der Waals surface area contributed by atoms with Crippen molar-refractivity contribution in [2.45, 2.75) is 19.3 Å². The minimum atomic E-state index is -0.366. The molecule has 1 N–H and O–H groups in total. The molecule has 0 unspecified atom stereocenters. The summed E-state index contributed by atoms with van der Waals surface area (Å²) in [7, 11) is 0. The van der Waals surface area contributed by atoms with E-state index in [1.165, 1.54) is 25.3 Å². The van der Waals surface area contributed by atoms with Gasteiger partial charge in [-0.3, -0.25) is 4.79 Å². The molecular weight excluding hydrogens is 406 g/mol. The normalized spacial score (nSPS) is 15.3. The average Bonchev–Trinajstić information content (AvgIpc) is 3.15. The molecule has 2 heterocycles. The number of nitrogens with one attached hydrogen (secondary N) is 1. The summed E-state index contributed by atoms with van der Waals surface area (Å²) in [6, 6.07) is 13.3. The average molecular weight is 428 g/mol. The van der Waals surface area contributed by atoms with Crippen molar-refractivity contribution < 1.29 is 9.21 Å². The smallest absolute Gasteiger partial charge is 0.262 e. The molecule has 27 heavy (non-hydrogen) atoms. The van der Waals surface area contributed by atoms with E-state index in [9.17, 15) is 10.1 Å². The highest BCUT2D eigenvalue weighted by atomic mass is 79.9. The zero-order chi connectivity index (χ0) is 19.1. The van der Waals surface area contributed by atoms with E-state index in [0.29, 0.717) is 18.1 Å². The number of hydrogen-bond acceptors (Lipinski definition) is 4. The number of rotatable bonds is 6. The number of nitrogens with zero attached hydrogens (tertiary/aromatic N) is 2. The van der Waals surface area contributed by atoms with Crippen molar-refractivity contribution in [2.24, 2.45) is 0 Å². The second-order valence-electron chi connectivity index (χ2n) is 6.54. The molecule has 2 aromatic rings. The predicted octanol–water partition coefficient (Wildman–Crippen LogP) is 4.22. The van der Waals surface area contributed by atoms with Crippen LogP contribution < -0.4 is 5.32 Å². The fourth-order valence-electron chi connectivity index (χ4n) is 3.12. The number of benzene rings is 1. The van der Waals surface area contributed by atoms with Crippen molar-refractivity contribution in [3.8, 4) is 17.4 Å². The molecule has 0 spiro atoms. The number of halogens is 1. The second-order valence-corrected chi connectivity index (χ2v) is 7.46. The maximum absolute atomic E-state index is 12.3. The van der Waals surface area contributed by atoms with Gasteiger partial charge in [-0.25, -0.2) is 0 Å². The van der Waals surface area contributed by atoms with Crippen molar-refractivity contribution in [3.63, 3.8) is 0 Å². The molecule has 140 valence electrons. The molecule has 5 nitrogen and oxygen atoms in total. The second kappa shape index (κ2) is 9.54. The molecule has 0 radical (unpaired) electrons. The number of hydrogen-bond donors (Lipinski definition) is 1. The van der Waals surface area contributed by atoms with Crippen molar-refractivity contribution >= 4 is 27.9 Å². The fourth-order valence-corrected chi connectivity index (χ4v) is 3.52. The Morgan fingerprint density at radius 1 is 1.26 bits per heavy atom. The van der Waals surface area contributed by atoms with E-state index in [2.05, 4.69) is 26.1 Å². The van der Waals surface area contributed by atoms with E-state index in [1.54, 1.807) is 6.07 Å². The van der Waals surface area contributed by atoms with Crippen LogP contribution in [0.1, 0.15) is 25.0 Å². The highest BCUT2D eigenvalue weighted by Crippen LogP contribution is 2.25. The van der Waals surface area contributed by atoms with Gasteiger partial charge in [0, 0.05) is 29.2 Å². The van der Waals surface area contributed by atoms with E-state index in [-0.39, 0.29) is 11.5 Å². The zero-order valence-corrected chi connectivity index (χ0v) is 16.7. The number of likely N-dealkylation sites (tertiary alicyclic amines) is 1. The Bertz CT molecular complexity index is 860. The Morgan fingerprint density at radius 2 is 2.07 bits per heavy atom. The van der Waals surface area contributed by atoms with Crippen molar-refractivity contribution in [3.05, 3.63) is 52.2 Å². The lowest BCUT2D eigenvalue weighted by Crippen LogP contribution is -2.37. The fraction of sp³-hybridized carbons (Fsp3) is 0.333. The van der Waals surface area contributed by atoms with Crippen molar-refractivity contribution in [1.29, 1.82) is 5.26 Å². The quantitative estimate of drug-likeness (QED) is 0.553. The van der Waals surface area contributed by atoms with Gasteiger partial charge in [0.05, 0.1) is 0 Å². The number of amides is 1. The van der Waals surface area contributed by atoms with E-state index in [0.717, 1.165) is 29.7 Å². The number of carbonyl (C=O) groups excluding carboxylic acids is 1. The van der Waals surface area contributed by atoms with E-state index in [4.69, 9.17) is 4.42 Å². The summed E-state index contributed by atoms with van der Waals surface area (Å²) in [6.07, 6.45) is 5.21. The molecule has 1 aliphatic heterocycles. The molecule has 1 aromatic carbocycles. The molecule has 1 amide bonds. The lowest BCUT2D eigenvalue weighted by Gasteiger charge is -2.26. The van der Waals surface area contributed by atoms with Crippen molar-refractivity contribution in [1.82, 2.24) is 10.2 Å². The van der Waals surface area contributed by atoms with Crippen LogP contribution in [0.2, 0.25) is 0 Å². The van der Waals surface area contributed by atoms with Crippen LogP contribution in [0.25, 0.3) is 17.4 Å². The molecule has 1 saturated heterocycles. The summed E-state index contributed by atoms with van der Waals surface area (Å²) in [4.78, 5) is 14.6. The summed E-state index contributed by atoms with van der Waals surface area (Å²) in [5.74, 6) is 0.799. The molecule has 0 aliphatic carbocycles. The van der Waals surface area contributed by atoms with Crippen LogP contribution in [0.3, 0.4) is 0 Å². The SMILES string of the molecule is N#C/C(=C\c1ccc(-c2cccc(Br)c2)o1)C(=O)NCCN1CCCCC1. The Hall–Kier alpha value is -2.36. The van der Waals surface area contributed by atoms with Gasteiger partial charge in [0.15, 0.2) is 0 Å². The molecule has 1 aromatic heterocycles. The molecule has 0 atom stereocenters. The van der Waals surface area contributed by atoms with E-state index >= 15 is 0 Å². The molecule has 6 heteroatoms. The summed E-state index contributed by atoms with van der Waals surface area (Å²) in [5.41, 5.74) is 0.970. The Balaban J connectivity index is 1.60. The van der Waals surface area contributed by atoms with Crippen LogP contribution in [0.4, 0.5) is 0 Å². The van der Waals surface area contributed by atoms with Crippen LogP contribution >= 0.6 is 15.9 Å². The number of carbonyl (C=O) groups is 1. The number of piperidine rings is 1. The molecule has 1 fully saturated rings. The van der Waals surface area contributed by atoms with Crippen molar-refractivity contribution in [2.75, 3.05) is 26.2 Å². The lowest BCUT2D eigenvalue weighted by molar-refractivity contribution is -0.117. The van der Waals surface area contributed by atoms with E-state index < -0.39 is 0 Å². The molecule has 0 bridgehead atoms. The van der Waals surface area contributed by atoms with Crippen LogP contribution in [-0.2, 0) is 4.79 Å². The lowest BCUT2D eigenvalue weighted by atomic mass is 10.1. The zero-order valence-electron chi connectivity index (χ0n) is 15.1. The third-order valence-corrected chi connectivity index (χ3v) is 5.04. The first-order valence-corrected chi connectivity index (χ1v) is 9.93. The highest BCUT2D eigenvalue weighted by Gasteiger charge is 2.13. The summed E-state index contributed by atoms with van der Waals surface area (Å²) < 4.78 is 6.73. The number of furan rings is 1. The van der Waals surface area contributed by atoms with Crippen LogP contribution in [-0.4, -0.2) is 37.0 Å². The molecule has 1 aliphatic rings. The van der Waals surface area contributed by atoms with Crippen LogP contribution in [0, 0.1) is 11.3 Å². The maximum atomic E-state index is 12.3. The van der Waals surface area contributed by atoms with Gasteiger partial charge in [-0.2, -0.15) is 5.26 Å². The predicted molar refractivity (Wildman–Crippen MR) is 109 cm³/mol. The molecule has 3 rings (SSSR count). The first kappa shape index (κ1) is 19.4. The summed E-state index contributed by atoms with van der Waals surface area (Å²) in [6.45, 7) is 3.53. The van der Waals surface area contributed by atoms with Gasteiger partial charge in [0.2, 0.25) is 0 Å². The van der Waals surface area contributed by atoms with Gasteiger partial charge in [0.25, 0.3) is 5.91 Å². The van der Waals surface area contributed by atoms with E-state index in [1.807, 2.05) is 36.4 Å². The topological polar surface area (TPSA) is 69.3 Å². The first-order chi connectivity index (χ1) is 13.2. The Labute approximate surface area is 167 Å².